The van der Waals surface area contributed by atoms with Gasteiger partial charge in [0.2, 0.25) is 0 Å². The molecule has 2 aromatic heterocycles. The van der Waals surface area contributed by atoms with E-state index in [4.69, 9.17) is 0 Å². The Balaban J connectivity index is 1.74. The fourth-order valence-corrected chi connectivity index (χ4v) is 3.03. The van der Waals surface area contributed by atoms with Crippen LogP contribution in [0.1, 0.15) is 22.8 Å². The van der Waals surface area contributed by atoms with Gasteiger partial charge in [-0.1, -0.05) is 24.3 Å². The van der Waals surface area contributed by atoms with Crippen molar-refractivity contribution < 1.29 is 18.0 Å². The second-order valence-corrected chi connectivity index (χ2v) is 6.45. The summed E-state index contributed by atoms with van der Waals surface area (Å²) in [6, 6.07) is 12.0. The lowest BCUT2D eigenvalue weighted by Gasteiger charge is -2.11. The van der Waals surface area contributed by atoms with Crippen molar-refractivity contribution in [1.82, 2.24) is 14.4 Å². The number of aromatic nitrogens is 3. The zero-order valence-corrected chi connectivity index (χ0v) is 15.2. The van der Waals surface area contributed by atoms with Crippen LogP contribution in [-0.2, 0) is 6.18 Å². The number of hydrogen-bond donors (Lipinski definition) is 1. The monoisotopic (exact) mass is 396 g/mol. The minimum absolute atomic E-state index is 0.0470. The van der Waals surface area contributed by atoms with Crippen molar-refractivity contribution in [1.29, 1.82) is 0 Å². The lowest BCUT2D eigenvalue weighted by Crippen LogP contribution is -2.05. The second kappa shape index (κ2) is 7.05. The molecule has 4 aromatic rings. The van der Waals surface area contributed by atoms with Crippen LogP contribution in [0, 0.1) is 0 Å². The van der Waals surface area contributed by atoms with Gasteiger partial charge in [-0.15, -0.1) is 0 Å². The van der Waals surface area contributed by atoms with Gasteiger partial charge in [-0.25, -0.2) is 9.97 Å². The Morgan fingerprint density at radius 2 is 1.86 bits per heavy atom. The van der Waals surface area contributed by atoms with E-state index in [0.717, 1.165) is 23.4 Å². The van der Waals surface area contributed by atoms with Crippen LogP contribution in [0.4, 0.5) is 24.7 Å². The fraction of sp³-hybridized carbons (Fsp3) is 0.0952. The van der Waals surface area contributed by atoms with Gasteiger partial charge in [-0.05, 0) is 31.2 Å². The maximum atomic E-state index is 13.0. The van der Waals surface area contributed by atoms with Crippen molar-refractivity contribution in [2.45, 2.75) is 13.1 Å². The van der Waals surface area contributed by atoms with Crippen LogP contribution >= 0.6 is 0 Å². The summed E-state index contributed by atoms with van der Waals surface area (Å²) in [6.45, 7) is 1.49. The summed E-state index contributed by atoms with van der Waals surface area (Å²) in [5.74, 6) is 0.273. The summed E-state index contributed by atoms with van der Waals surface area (Å²) in [5, 5.41) is 2.91. The number of benzene rings is 2. The number of halogens is 3. The topological polar surface area (TPSA) is 59.3 Å². The predicted octanol–water partition coefficient (Wildman–Crippen LogP) is 5.36. The summed E-state index contributed by atoms with van der Waals surface area (Å²) < 4.78 is 40.6. The standard InChI is InChI=1S/C21H15F3N4O/c1-13(29)14-4-2-5-15(10-14)18-12-26-20-19(25-8-9-28(18)20)27-17-7-3-6-16(11-17)21(22,23)24/h2-12H,1H3,(H,25,27). The van der Waals surface area contributed by atoms with Crippen molar-refractivity contribution in [3.05, 3.63) is 78.2 Å². The molecule has 0 saturated carbocycles. The fourth-order valence-electron chi connectivity index (χ4n) is 3.03. The number of carbonyl (C=O) groups is 1. The molecular formula is C21H15F3N4O. The molecule has 0 fully saturated rings. The molecule has 2 aromatic carbocycles. The molecular weight excluding hydrogens is 381 g/mol. The molecule has 0 saturated heterocycles. The summed E-state index contributed by atoms with van der Waals surface area (Å²) in [4.78, 5) is 20.2. The van der Waals surface area contributed by atoms with E-state index in [0.29, 0.717) is 17.0 Å². The maximum Gasteiger partial charge on any atom is 0.416 e. The number of fused-ring (bicyclic) bond motifs is 1. The van der Waals surface area contributed by atoms with E-state index >= 15 is 0 Å². The van der Waals surface area contributed by atoms with Crippen molar-refractivity contribution in [3.63, 3.8) is 0 Å². The van der Waals surface area contributed by atoms with E-state index in [9.17, 15) is 18.0 Å². The van der Waals surface area contributed by atoms with Crippen molar-refractivity contribution in [2.24, 2.45) is 0 Å². The first-order valence-corrected chi connectivity index (χ1v) is 8.70. The van der Waals surface area contributed by atoms with E-state index in [1.165, 1.54) is 25.3 Å². The second-order valence-electron chi connectivity index (χ2n) is 6.45. The normalized spacial score (nSPS) is 11.6. The molecule has 0 amide bonds. The molecule has 0 atom stereocenters. The van der Waals surface area contributed by atoms with Gasteiger partial charge in [0.25, 0.3) is 0 Å². The van der Waals surface area contributed by atoms with Gasteiger partial charge in [-0.3, -0.25) is 9.20 Å². The highest BCUT2D eigenvalue weighted by Crippen LogP contribution is 2.32. The molecule has 4 rings (SSSR count). The first-order valence-electron chi connectivity index (χ1n) is 8.70. The lowest BCUT2D eigenvalue weighted by atomic mass is 10.1. The molecule has 0 aliphatic carbocycles. The SMILES string of the molecule is CC(=O)c1cccc(-c2cnc3c(Nc4cccc(C(F)(F)F)c4)nccn23)c1. The summed E-state index contributed by atoms with van der Waals surface area (Å²) >= 11 is 0. The molecule has 8 heteroatoms. The van der Waals surface area contributed by atoms with Crippen LogP contribution in [-0.4, -0.2) is 20.2 Å². The van der Waals surface area contributed by atoms with Gasteiger partial charge >= 0.3 is 6.18 Å². The molecule has 0 radical (unpaired) electrons. The number of Topliss-reactive ketones (excluding diaryl/α,β-unsaturated/α-hetero) is 1. The molecule has 0 unspecified atom stereocenters. The number of hydrogen-bond acceptors (Lipinski definition) is 4. The Morgan fingerprint density at radius 3 is 2.62 bits per heavy atom. The number of alkyl halides is 3. The number of nitrogens with zero attached hydrogens (tertiary/aromatic N) is 3. The Bertz CT molecular complexity index is 1210. The number of ketones is 1. The quantitative estimate of drug-likeness (QED) is 0.472. The molecule has 0 spiro atoms. The number of carbonyl (C=O) groups excluding carboxylic acids is 1. The highest BCUT2D eigenvalue weighted by atomic mass is 19.4. The minimum atomic E-state index is -4.43. The van der Waals surface area contributed by atoms with E-state index in [1.54, 1.807) is 35.0 Å². The van der Waals surface area contributed by atoms with Crippen LogP contribution in [0.5, 0.6) is 0 Å². The number of imidazole rings is 1. The smallest absolute Gasteiger partial charge is 0.337 e. The van der Waals surface area contributed by atoms with Crippen LogP contribution in [0.3, 0.4) is 0 Å². The third-order valence-corrected chi connectivity index (χ3v) is 4.45. The largest absolute Gasteiger partial charge is 0.416 e. The highest BCUT2D eigenvalue weighted by Gasteiger charge is 2.30. The van der Waals surface area contributed by atoms with Crippen molar-refractivity contribution in [2.75, 3.05) is 5.32 Å². The summed E-state index contributed by atoms with van der Waals surface area (Å²) in [5.41, 5.74) is 2.06. The predicted molar refractivity (Wildman–Crippen MR) is 103 cm³/mol. The summed E-state index contributed by atoms with van der Waals surface area (Å²) in [6.07, 6.45) is 0.436. The first kappa shape index (κ1) is 18.7. The molecule has 0 bridgehead atoms. The van der Waals surface area contributed by atoms with Crippen LogP contribution in [0.2, 0.25) is 0 Å². The van der Waals surface area contributed by atoms with E-state index in [2.05, 4.69) is 15.3 Å². The maximum absolute atomic E-state index is 13.0. The molecule has 29 heavy (non-hydrogen) atoms. The van der Waals surface area contributed by atoms with Gasteiger partial charge in [0, 0.05) is 29.2 Å². The van der Waals surface area contributed by atoms with Gasteiger partial charge in [0.05, 0.1) is 17.5 Å². The molecule has 2 heterocycles. The van der Waals surface area contributed by atoms with Gasteiger partial charge in [-0.2, -0.15) is 13.2 Å². The van der Waals surface area contributed by atoms with Gasteiger partial charge in [0.1, 0.15) is 0 Å². The third kappa shape index (κ3) is 3.69. The molecule has 5 nitrogen and oxygen atoms in total. The Labute approximate surface area is 163 Å². The summed E-state index contributed by atoms with van der Waals surface area (Å²) in [7, 11) is 0. The average molecular weight is 396 g/mol. The van der Waals surface area contributed by atoms with E-state index in [-0.39, 0.29) is 11.5 Å². The number of anilines is 2. The average Bonchev–Trinajstić information content (AvgIpc) is 3.13. The van der Waals surface area contributed by atoms with Gasteiger partial charge < -0.3 is 5.32 Å². The van der Waals surface area contributed by atoms with Gasteiger partial charge in [0.15, 0.2) is 17.2 Å². The molecule has 1 N–H and O–H groups in total. The van der Waals surface area contributed by atoms with E-state index in [1.807, 2.05) is 6.07 Å². The van der Waals surface area contributed by atoms with Crippen molar-refractivity contribution in [3.8, 4) is 11.3 Å². The van der Waals surface area contributed by atoms with E-state index < -0.39 is 11.7 Å². The highest BCUT2D eigenvalue weighted by molar-refractivity contribution is 5.95. The van der Waals surface area contributed by atoms with Crippen LogP contribution in [0.25, 0.3) is 16.9 Å². The van der Waals surface area contributed by atoms with Crippen LogP contribution in [0.15, 0.2) is 67.1 Å². The minimum Gasteiger partial charge on any atom is -0.337 e. The lowest BCUT2D eigenvalue weighted by molar-refractivity contribution is -0.137. The van der Waals surface area contributed by atoms with Crippen LogP contribution < -0.4 is 5.32 Å². The molecule has 146 valence electrons. The Kier molecular flexibility index (Phi) is 4.54. The zero-order chi connectivity index (χ0) is 20.6. The Hall–Kier alpha value is -3.68. The first-order chi connectivity index (χ1) is 13.8. The van der Waals surface area contributed by atoms with Crippen molar-refractivity contribution >= 4 is 22.9 Å². The third-order valence-electron chi connectivity index (χ3n) is 4.45. The number of nitrogens with one attached hydrogen (secondary N) is 1. The molecule has 0 aliphatic heterocycles. The molecule has 0 aliphatic rings. The number of rotatable bonds is 4. The Morgan fingerprint density at radius 1 is 1.07 bits per heavy atom. The zero-order valence-electron chi connectivity index (χ0n) is 15.2.